The van der Waals surface area contributed by atoms with Crippen LogP contribution in [0.3, 0.4) is 0 Å². The summed E-state index contributed by atoms with van der Waals surface area (Å²) >= 11 is 12.0. The Labute approximate surface area is 231 Å². The monoisotopic (exact) mass is 551 g/mol. The Morgan fingerprint density at radius 2 is 1.47 bits per heavy atom. The van der Waals surface area contributed by atoms with Crippen molar-refractivity contribution in [2.75, 3.05) is 18.5 Å². The second kappa shape index (κ2) is 14.3. The Bertz CT molecular complexity index is 1330. The number of Topliss-reactive ketones (excluding diaryl/α,β-unsaturated/α-hetero) is 1. The number of aliphatic hydroxyl groups excluding tert-OH is 1. The van der Waals surface area contributed by atoms with Crippen LogP contribution in [-0.2, 0) is 16.0 Å². The highest BCUT2D eigenvalue weighted by atomic mass is 35.5. The van der Waals surface area contributed by atoms with E-state index >= 15 is 0 Å². The predicted octanol–water partition coefficient (Wildman–Crippen LogP) is 3.97. The molecule has 0 fully saturated rings. The molecule has 0 heterocycles. The molecule has 3 aromatic carbocycles. The Balaban J connectivity index is 1.49. The van der Waals surface area contributed by atoms with Crippen molar-refractivity contribution >= 4 is 46.5 Å². The minimum Gasteiger partial charge on any atom is -0.388 e. The van der Waals surface area contributed by atoms with Crippen molar-refractivity contribution in [3.63, 3.8) is 0 Å². The zero-order valence-electron chi connectivity index (χ0n) is 20.5. The summed E-state index contributed by atoms with van der Waals surface area (Å²) in [5, 5.41) is 15.5. The molecule has 0 saturated carbocycles. The summed E-state index contributed by atoms with van der Waals surface area (Å²) in [7, 11) is 0. The first-order valence-corrected chi connectivity index (χ1v) is 12.6. The number of hydrogen-bond donors (Lipinski definition) is 4. The van der Waals surface area contributed by atoms with Gasteiger partial charge in [-0.05, 0) is 85.1 Å². The van der Waals surface area contributed by atoms with Crippen LogP contribution in [0.5, 0.6) is 0 Å². The maximum atomic E-state index is 12.3. The van der Waals surface area contributed by atoms with Crippen LogP contribution in [0.15, 0.2) is 66.7 Å². The second-order valence-electron chi connectivity index (χ2n) is 8.47. The molecule has 0 aromatic heterocycles. The first kappa shape index (κ1) is 28.9. The van der Waals surface area contributed by atoms with Crippen molar-refractivity contribution < 1.29 is 19.5 Å². The Kier molecular flexibility index (Phi) is 10.9. The molecule has 0 bridgehead atoms. The number of rotatable bonds is 10. The third-order valence-electron chi connectivity index (χ3n) is 5.54. The lowest BCUT2D eigenvalue weighted by Gasteiger charge is -2.14. The standard InChI is InChI=1S/C29H27Cl2N3O4/c30-23-14-21(15-24(31)16-23)2-1-3-28(37)33-25-12-8-20(9-13-25)5-4-19-6-10-22(11-7-19)29(38)34-26(17-32)27(36)18-35/h6-16,26,35H,1-3,17-18,32H2,(H,33,37)(H,34,38)/t26-/m0/s1. The highest BCUT2D eigenvalue weighted by molar-refractivity contribution is 6.34. The fraction of sp³-hybridized carbons (Fsp3) is 0.207. The number of benzene rings is 3. The molecule has 0 aliphatic rings. The maximum absolute atomic E-state index is 12.3. The number of carbonyl (C=O) groups is 3. The van der Waals surface area contributed by atoms with Gasteiger partial charge >= 0.3 is 0 Å². The van der Waals surface area contributed by atoms with Crippen LogP contribution in [-0.4, -0.2) is 41.9 Å². The van der Waals surface area contributed by atoms with Gasteiger partial charge in [-0.25, -0.2) is 0 Å². The second-order valence-corrected chi connectivity index (χ2v) is 9.34. The molecule has 1 atom stereocenters. The van der Waals surface area contributed by atoms with Gasteiger partial charge in [-0.2, -0.15) is 0 Å². The largest absolute Gasteiger partial charge is 0.388 e. The molecule has 3 aromatic rings. The van der Waals surface area contributed by atoms with Crippen molar-refractivity contribution in [2.24, 2.45) is 5.73 Å². The summed E-state index contributed by atoms with van der Waals surface area (Å²) < 4.78 is 0. The lowest BCUT2D eigenvalue weighted by atomic mass is 10.1. The third kappa shape index (κ3) is 9.02. The highest BCUT2D eigenvalue weighted by Crippen LogP contribution is 2.20. The minimum absolute atomic E-state index is 0.0837. The zero-order chi connectivity index (χ0) is 27.5. The number of aliphatic hydroxyl groups is 1. The number of nitrogens with one attached hydrogen (secondary N) is 2. The molecular formula is C29H27Cl2N3O4. The molecule has 7 nitrogen and oxygen atoms in total. The van der Waals surface area contributed by atoms with E-state index in [-0.39, 0.29) is 12.5 Å². The van der Waals surface area contributed by atoms with Crippen molar-refractivity contribution in [3.05, 3.63) is 99.0 Å². The molecule has 38 heavy (non-hydrogen) atoms. The van der Waals surface area contributed by atoms with E-state index in [0.717, 1.165) is 11.1 Å². The average molecular weight is 552 g/mol. The molecule has 0 aliphatic heterocycles. The van der Waals surface area contributed by atoms with Gasteiger partial charge in [0.2, 0.25) is 5.91 Å². The van der Waals surface area contributed by atoms with Crippen LogP contribution in [0.25, 0.3) is 0 Å². The smallest absolute Gasteiger partial charge is 0.251 e. The summed E-state index contributed by atoms with van der Waals surface area (Å²) in [5.41, 5.74) is 8.95. The molecular weight excluding hydrogens is 525 g/mol. The summed E-state index contributed by atoms with van der Waals surface area (Å²) in [6, 6.07) is 18.2. The van der Waals surface area contributed by atoms with Gasteiger partial charge in [0, 0.05) is 45.4 Å². The van der Waals surface area contributed by atoms with Crippen LogP contribution >= 0.6 is 23.2 Å². The molecule has 0 unspecified atom stereocenters. The van der Waals surface area contributed by atoms with Gasteiger partial charge in [-0.1, -0.05) is 35.0 Å². The van der Waals surface area contributed by atoms with E-state index in [2.05, 4.69) is 22.5 Å². The number of halogens is 2. The molecule has 0 aliphatic carbocycles. The Hall–Kier alpha value is -3.67. The van der Waals surface area contributed by atoms with Crippen LogP contribution in [0.4, 0.5) is 5.69 Å². The van der Waals surface area contributed by atoms with E-state index in [1.54, 1.807) is 42.5 Å². The Morgan fingerprint density at radius 1 is 0.895 bits per heavy atom. The van der Waals surface area contributed by atoms with Gasteiger partial charge in [0.15, 0.2) is 5.78 Å². The lowest BCUT2D eigenvalue weighted by molar-refractivity contribution is -0.123. The van der Waals surface area contributed by atoms with Crippen molar-refractivity contribution in [2.45, 2.75) is 25.3 Å². The molecule has 196 valence electrons. The summed E-state index contributed by atoms with van der Waals surface area (Å²) in [5.74, 6) is 4.97. The number of aryl methyl sites for hydroxylation is 1. The van der Waals surface area contributed by atoms with Gasteiger partial charge in [0.25, 0.3) is 5.91 Å². The topological polar surface area (TPSA) is 122 Å². The number of carbonyl (C=O) groups excluding carboxylic acids is 3. The maximum Gasteiger partial charge on any atom is 0.251 e. The molecule has 9 heteroatoms. The lowest BCUT2D eigenvalue weighted by Crippen LogP contribution is -2.46. The predicted molar refractivity (Wildman–Crippen MR) is 149 cm³/mol. The van der Waals surface area contributed by atoms with E-state index in [1.807, 2.05) is 24.3 Å². The molecule has 5 N–H and O–H groups in total. The van der Waals surface area contributed by atoms with Crippen molar-refractivity contribution in [1.29, 1.82) is 0 Å². The minimum atomic E-state index is -0.937. The average Bonchev–Trinajstić information content (AvgIpc) is 2.90. The van der Waals surface area contributed by atoms with E-state index < -0.39 is 24.3 Å². The summed E-state index contributed by atoms with van der Waals surface area (Å²) in [6.45, 7) is -0.790. The normalized spacial score (nSPS) is 11.2. The summed E-state index contributed by atoms with van der Waals surface area (Å²) in [4.78, 5) is 36.2. The number of amides is 2. The number of ketones is 1. The third-order valence-corrected chi connectivity index (χ3v) is 5.98. The fourth-order valence-electron chi connectivity index (χ4n) is 3.54. The molecule has 3 rings (SSSR count). The van der Waals surface area contributed by atoms with Gasteiger partial charge in [0.1, 0.15) is 12.6 Å². The van der Waals surface area contributed by atoms with E-state index in [0.29, 0.717) is 46.1 Å². The van der Waals surface area contributed by atoms with Gasteiger partial charge in [-0.3, -0.25) is 14.4 Å². The van der Waals surface area contributed by atoms with Crippen LogP contribution in [0.2, 0.25) is 10.0 Å². The highest BCUT2D eigenvalue weighted by Gasteiger charge is 2.18. The van der Waals surface area contributed by atoms with Gasteiger partial charge in [0.05, 0.1) is 0 Å². The van der Waals surface area contributed by atoms with E-state index in [9.17, 15) is 14.4 Å². The van der Waals surface area contributed by atoms with Gasteiger partial charge < -0.3 is 21.5 Å². The van der Waals surface area contributed by atoms with Crippen LogP contribution in [0, 0.1) is 11.8 Å². The number of nitrogens with two attached hydrogens (primary N) is 1. The van der Waals surface area contributed by atoms with E-state index in [4.69, 9.17) is 34.0 Å². The van der Waals surface area contributed by atoms with Crippen molar-refractivity contribution in [3.8, 4) is 11.8 Å². The quantitative estimate of drug-likeness (QED) is 0.284. The van der Waals surface area contributed by atoms with Crippen LogP contribution in [0.1, 0.15) is 39.9 Å². The van der Waals surface area contributed by atoms with Crippen LogP contribution < -0.4 is 16.4 Å². The Morgan fingerprint density at radius 3 is 2.03 bits per heavy atom. The first-order valence-electron chi connectivity index (χ1n) is 11.9. The summed E-state index contributed by atoms with van der Waals surface area (Å²) in [6.07, 6.45) is 1.73. The zero-order valence-corrected chi connectivity index (χ0v) is 22.0. The van der Waals surface area contributed by atoms with E-state index in [1.165, 1.54) is 0 Å². The molecule has 0 radical (unpaired) electrons. The van der Waals surface area contributed by atoms with Crippen molar-refractivity contribution in [1.82, 2.24) is 5.32 Å². The fourth-order valence-corrected chi connectivity index (χ4v) is 4.11. The first-order chi connectivity index (χ1) is 18.3. The molecule has 0 saturated heterocycles. The van der Waals surface area contributed by atoms with Gasteiger partial charge in [-0.15, -0.1) is 0 Å². The number of hydrogen-bond acceptors (Lipinski definition) is 5. The molecule has 0 spiro atoms. The number of anilines is 1. The SMILES string of the molecule is NC[C@H](NC(=O)c1ccc(C#Cc2ccc(NC(=O)CCCc3cc(Cl)cc(Cl)c3)cc2)cc1)C(=O)CO. The molecule has 2 amide bonds.